The largest absolute Gasteiger partial charge is 0.493 e. The van der Waals surface area contributed by atoms with Crippen molar-refractivity contribution in [2.24, 2.45) is 4.99 Å². The molecule has 0 bridgehead atoms. The molecule has 0 unspecified atom stereocenters. The monoisotopic (exact) mass is 289 g/mol. The van der Waals surface area contributed by atoms with Gasteiger partial charge in [-0.05, 0) is 31.0 Å². The third-order valence-corrected chi connectivity index (χ3v) is 2.82. The third-order valence-electron chi connectivity index (χ3n) is 2.82. The summed E-state index contributed by atoms with van der Waals surface area (Å²) >= 11 is 0. The summed E-state index contributed by atoms with van der Waals surface area (Å²) in [6.07, 6.45) is 6.04. The van der Waals surface area contributed by atoms with E-state index in [1.54, 1.807) is 14.2 Å². The zero-order chi connectivity index (χ0) is 15.5. The number of nitrogens with zero attached hydrogens (tertiary/aromatic N) is 1. The van der Waals surface area contributed by atoms with Crippen LogP contribution in [0.5, 0.6) is 11.5 Å². The summed E-state index contributed by atoms with van der Waals surface area (Å²) in [5, 5.41) is 6.20. The standard InChI is InChI=1S/C16H23N3O2/c1-5-10-18-16(17-6-2)19-11-9-13-7-8-14(20-3)15(12-13)21-4/h1,7-8,12H,6,9-11H2,2-4H3,(H2,17,18,19). The van der Waals surface area contributed by atoms with Crippen molar-refractivity contribution in [2.45, 2.75) is 13.3 Å². The number of methoxy groups -OCH3 is 2. The number of rotatable bonds is 7. The highest BCUT2D eigenvalue weighted by Crippen LogP contribution is 2.27. The molecule has 0 saturated carbocycles. The van der Waals surface area contributed by atoms with E-state index >= 15 is 0 Å². The first kappa shape index (κ1) is 16.7. The predicted octanol–water partition coefficient (Wildman–Crippen LogP) is 1.43. The van der Waals surface area contributed by atoms with E-state index in [0.717, 1.165) is 36.0 Å². The summed E-state index contributed by atoms with van der Waals surface area (Å²) in [6, 6.07) is 5.88. The average molecular weight is 289 g/mol. The van der Waals surface area contributed by atoms with Gasteiger partial charge in [0, 0.05) is 13.1 Å². The Morgan fingerprint density at radius 1 is 1.24 bits per heavy atom. The van der Waals surface area contributed by atoms with E-state index < -0.39 is 0 Å². The first-order chi connectivity index (χ1) is 10.2. The number of hydrogen-bond acceptors (Lipinski definition) is 3. The summed E-state index contributed by atoms with van der Waals surface area (Å²) in [5.41, 5.74) is 1.14. The molecule has 1 aromatic carbocycles. The fourth-order valence-electron chi connectivity index (χ4n) is 1.81. The maximum absolute atomic E-state index is 5.29. The summed E-state index contributed by atoms with van der Waals surface area (Å²) in [6.45, 7) is 3.94. The minimum atomic E-state index is 0.461. The van der Waals surface area contributed by atoms with Gasteiger partial charge in [-0.3, -0.25) is 4.99 Å². The van der Waals surface area contributed by atoms with E-state index in [1.807, 2.05) is 25.1 Å². The molecular formula is C16H23N3O2. The van der Waals surface area contributed by atoms with Gasteiger partial charge in [0.25, 0.3) is 0 Å². The molecule has 5 nitrogen and oxygen atoms in total. The third kappa shape index (κ3) is 5.65. The van der Waals surface area contributed by atoms with E-state index in [0.29, 0.717) is 13.1 Å². The second-order valence-electron chi connectivity index (χ2n) is 4.26. The summed E-state index contributed by atoms with van der Waals surface area (Å²) in [7, 11) is 3.26. The Labute approximate surface area is 126 Å². The Morgan fingerprint density at radius 2 is 2.00 bits per heavy atom. The van der Waals surface area contributed by atoms with Gasteiger partial charge in [0.1, 0.15) is 0 Å². The fourth-order valence-corrected chi connectivity index (χ4v) is 1.81. The fraction of sp³-hybridized carbons (Fsp3) is 0.438. The Kier molecular flexibility index (Phi) is 7.59. The van der Waals surface area contributed by atoms with Crippen molar-refractivity contribution >= 4 is 5.96 Å². The lowest BCUT2D eigenvalue weighted by Gasteiger charge is -2.10. The number of guanidine groups is 1. The van der Waals surface area contributed by atoms with Crippen LogP contribution in [0.2, 0.25) is 0 Å². The predicted molar refractivity (Wildman–Crippen MR) is 86.1 cm³/mol. The molecule has 0 aliphatic carbocycles. The van der Waals surface area contributed by atoms with Crippen molar-refractivity contribution in [1.29, 1.82) is 0 Å². The first-order valence-electron chi connectivity index (χ1n) is 6.91. The molecule has 5 heteroatoms. The maximum Gasteiger partial charge on any atom is 0.192 e. The Morgan fingerprint density at radius 3 is 2.62 bits per heavy atom. The number of terminal acetylenes is 1. The molecule has 2 N–H and O–H groups in total. The highest BCUT2D eigenvalue weighted by Gasteiger charge is 2.04. The average Bonchev–Trinajstić information content (AvgIpc) is 2.52. The lowest BCUT2D eigenvalue weighted by atomic mass is 10.1. The lowest BCUT2D eigenvalue weighted by molar-refractivity contribution is 0.354. The minimum Gasteiger partial charge on any atom is -0.493 e. The van der Waals surface area contributed by atoms with Crippen molar-refractivity contribution in [2.75, 3.05) is 33.9 Å². The van der Waals surface area contributed by atoms with E-state index in [9.17, 15) is 0 Å². The van der Waals surface area contributed by atoms with Crippen LogP contribution in [-0.4, -0.2) is 39.8 Å². The van der Waals surface area contributed by atoms with Crippen LogP contribution >= 0.6 is 0 Å². The molecule has 0 spiro atoms. The van der Waals surface area contributed by atoms with E-state index in [-0.39, 0.29) is 0 Å². The smallest absolute Gasteiger partial charge is 0.192 e. The van der Waals surface area contributed by atoms with Crippen LogP contribution < -0.4 is 20.1 Å². The van der Waals surface area contributed by atoms with Crippen molar-refractivity contribution in [3.05, 3.63) is 23.8 Å². The van der Waals surface area contributed by atoms with Gasteiger partial charge in [0.15, 0.2) is 17.5 Å². The normalized spacial score (nSPS) is 10.7. The lowest BCUT2D eigenvalue weighted by Crippen LogP contribution is -2.37. The molecule has 0 amide bonds. The number of ether oxygens (including phenoxy) is 2. The summed E-state index contributed by atoms with van der Waals surface area (Å²) in [4.78, 5) is 4.47. The molecular weight excluding hydrogens is 266 g/mol. The molecule has 0 saturated heterocycles. The van der Waals surface area contributed by atoms with Crippen LogP contribution in [0.4, 0.5) is 0 Å². The van der Waals surface area contributed by atoms with Crippen molar-refractivity contribution in [3.63, 3.8) is 0 Å². The van der Waals surface area contributed by atoms with Crippen molar-refractivity contribution in [3.8, 4) is 23.8 Å². The topological polar surface area (TPSA) is 54.9 Å². The minimum absolute atomic E-state index is 0.461. The molecule has 21 heavy (non-hydrogen) atoms. The maximum atomic E-state index is 5.29. The zero-order valence-electron chi connectivity index (χ0n) is 12.9. The van der Waals surface area contributed by atoms with Gasteiger partial charge in [-0.15, -0.1) is 6.42 Å². The van der Waals surface area contributed by atoms with Crippen LogP contribution in [0.1, 0.15) is 12.5 Å². The number of aliphatic imine (C=N–C) groups is 1. The Hall–Kier alpha value is -2.35. The quantitative estimate of drug-likeness (QED) is 0.453. The molecule has 0 atom stereocenters. The highest BCUT2D eigenvalue weighted by atomic mass is 16.5. The number of benzene rings is 1. The second kappa shape index (κ2) is 9.54. The van der Waals surface area contributed by atoms with Gasteiger partial charge in [-0.25, -0.2) is 0 Å². The van der Waals surface area contributed by atoms with E-state index in [2.05, 4.69) is 21.5 Å². The van der Waals surface area contributed by atoms with Gasteiger partial charge in [0.2, 0.25) is 0 Å². The number of nitrogens with one attached hydrogen (secondary N) is 2. The Bertz CT molecular complexity index is 507. The molecule has 0 fully saturated rings. The Balaban J connectivity index is 2.63. The molecule has 114 valence electrons. The molecule has 0 heterocycles. The molecule has 0 aromatic heterocycles. The van der Waals surface area contributed by atoms with Crippen molar-refractivity contribution in [1.82, 2.24) is 10.6 Å². The first-order valence-corrected chi connectivity index (χ1v) is 6.91. The van der Waals surface area contributed by atoms with E-state index in [1.165, 1.54) is 0 Å². The van der Waals surface area contributed by atoms with Gasteiger partial charge in [-0.1, -0.05) is 12.0 Å². The van der Waals surface area contributed by atoms with Crippen LogP contribution in [0.3, 0.4) is 0 Å². The molecule has 1 rings (SSSR count). The van der Waals surface area contributed by atoms with Crippen LogP contribution in [-0.2, 0) is 6.42 Å². The van der Waals surface area contributed by atoms with Gasteiger partial charge >= 0.3 is 0 Å². The molecule has 0 aliphatic rings. The van der Waals surface area contributed by atoms with E-state index in [4.69, 9.17) is 15.9 Å². The molecule has 0 radical (unpaired) electrons. The van der Waals surface area contributed by atoms with Gasteiger partial charge < -0.3 is 20.1 Å². The van der Waals surface area contributed by atoms with Gasteiger partial charge in [0.05, 0.1) is 20.8 Å². The van der Waals surface area contributed by atoms with Crippen molar-refractivity contribution < 1.29 is 9.47 Å². The summed E-state index contributed by atoms with van der Waals surface area (Å²) in [5.74, 6) is 4.73. The highest BCUT2D eigenvalue weighted by molar-refractivity contribution is 5.79. The van der Waals surface area contributed by atoms with Crippen LogP contribution in [0, 0.1) is 12.3 Å². The second-order valence-corrected chi connectivity index (χ2v) is 4.26. The SMILES string of the molecule is C#CCNC(=NCCc1ccc(OC)c(OC)c1)NCC. The summed E-state index contributed by atoms with van der Waals surface area (Å²) < 4.78 is 10.5. The molecule has 1 aromatic rings. The van der Waals surface area contributed by atoms with Crippen LogP contribution in [0.25, 0.3) is 0 Å². The van der Waals surface area contributed by atoms with Crippen LogP contribution in [0.15, 0.2) is 23.2 Å². The zero-order valence-corrected chi connectivity index (χ0v) is 12.9. The molecule has 0 aliphatic heterocycles. The number of hydrogen-bond donors (Lipinski definition) is 2. The van der Waals surface area contributed by atoms with Gasteiger partial charge in [-0.2, -0.15) is 0 Å².